The lowest BCUT2D eigenvalue weighted by atomic mass is 10.00. The Morgan fingerprint density at radius 1 is 1.10 bits per heavy atom. The molecule has 110 valence electrons. The van der Waals surface area contributed by atoms with Crippen molar-refractivity contribution < 1.29 is 28.7 Å². The van der Waals surface area contributed by atoms with E-state index in [4.69, 9.17) is 4.74 Å². The van der Waals surface area contributed by atoms with Crippen molar-refractivity contribution in [1.82, 2.24) is 4.90 Å². The van der Waals surface area contributed by atoms with Crippen molar-refractivity contribution in [3.63, 3.8) is 0 Å². The average molecular weight is 283 g/mol. The highest BCUT2D eigenvalue weighted by Crippen LogP contribution is 2.24. The van der Waals surface area contributed by atoms with Crippen molar-refractivity contribution in [1.29, 1.82) is 0 Å². The molecule has 0 radical (unpaired) electrons. The second-order valence-electron chi connectivity index (χ2n) is 4.43. The van der Waals surface area contributed by atoms with E-state index < -0.39 is 11.9 Å². The van der Waals surface area contributed by atoms with E-state index in [2.05, 4.69) is 4.74 Å². The predicted molar refractivity (Wildman–Crippen MR) is 67.2 cm³/mol. The summed E-state index contributed by atoms with van der Waals surface area (Å²) in [4.78, 5) is 46.5. The number of hydrogen-bond acceptors (Lipinski definition) is 6. The monoisotopic (exact) mass is 283 g/mol. The maximum absolute atomic E-state index is 11.7. The van der Waals surface area contributed by atoms with Gasteiger partial charge in [-0.1, -0.05) is 13.8 Å². The molecule has 7 heteroatoms. The highest BCUT2D eigenvalue weighted by atomic mass is 16.5. The number of carbonyl (C=O) groups is 4. The highest BCUT2D eigenvalue weighted by molar-refractivity contribution is 6.04. The standard InChI is InChI=1S/C13H17NO6/c1-8-9(2)13(18)14(12(8)17)6-7-20-11(16)5-4-10(15)19-3/h4-5,8-9H,6-7H2,1-3H3/b5-4+. The second kappa shape index (κ2) is 6.83. The number of imide groups is 1. The Morgan fingerprint density at radius 3 is 2.10 bits per heavy atom. The minimum absolute atomic E-state index is 0.0180. The molecule has 0 aliphatic carbocycles. The van der Waals surface area contributed by atoms with Crippen molar-refractivity contribution in [2.45, 2.75) is 13.8 Å². The predicted octanol–water partition coefficient (Wildman–Crippen LogP) is -0.100. The molecule has 1 rings (SSSR count). The van der Waals surface area contributed by atoms with Crippen molar-refractivity contribution in [2.24, 2.45) is 11.8 Å². The van der Waals surface area contributed by atoms with Gasteiger partial charge in [-0.3, -0.25) is 14.5 Å². The largest absolute Gasteiger partial charge is 0.466 e. The van der Waals surface area contributed by atoms with E-state index in [1.807, 2.05) is 0 Å². The van der Waals surface area contributed by atoms with Crippen molar-refractivity contribution in [2.75, 3.05) is 20.3 Å². The van der Waals surface area contributed by atoms with Crippen molar-refractivity contribution in [3.05, 3.63) is 12.2 Å². The number of rotatable bonds is 5. The Bertz CT molecular complexity index is 436. The summed E-state index contributed by atoms with van der Waals surface area (Å²) < 4.78 is 9.09. The van der Waals surface area contributed by atoms with Crippen molar-refractivity contribution in [3.8, 4) is 0 Å². The zero-order valence-corrected chi connectivity index (χ0v) is 11.6. The van der Waals surface area contributed by atoms with Gasteiger partial charge in [-0.05, 0) is 0 Å². The Hall–Kier alpha value is -2.18. The third kappa shape index (κ3) is 3.66. The first-order chi connectivity index (χ1) is 9.38. The number of nitrogens with zero attached hydrogens (tertiary/aromatic N) is 1. The molecule has 0 aromatic rings. The zero-order valence-electron chi connectivity index (χ0n) is 11.6. The number of esters is 2. The molecular formula is C13H17NO6. The molecule has 0 saturated carbocycles. The fourth-order valence-corrected chi connectivity index (χ4v) is 1.74. The summed E-state index contributed by atoms with van der Waals surface area (Å²) in [5, 5.41) is 0. The molecule has 1 heterocycles. The number of likely N-dealkylation sites (tertiary alicyclic amines) is 1. The molecule has 0 aromatic heterocycles. The Labute approximate surface area is 116 Å². The lowest BCUT2D eigenvalue weighted by Gasteiger charge is -2.13. The molecular weight excluding hydrogens is 266 g/mol. The molecule has 0 N–H and O–H groups in total. The molecule has 1 aliphatic heterocycles. The first-order valence-corrected chi connectivity index (χ1v) is 6.16. The molecule has 20 heavy (non-hydrogen) atoms. The van der Waals surface area contributed by atoms with E-state index in [0.29, 0.717) is 0 Å². The fourth-order valence-electron chi connectivity index (χ4n) is 1.74. The summed E-state index contributed by atoms with van der Waals surface area (Å²) >= 11 is 0. The molecule has 0 bridgehead atoms. The molecule has 0 spiro atoms. The molecule has 1 saturated heterocycles. The topological polar surface area (TPSA) is 90.0 Å². The first-order valence-electron chi connectivity index (χ1n) is 6.16. The van der Waals surface area contributed by atoms with Gasteiger partial charge in [-0.25, -0.2) is 9.59 Å². The van der Waals surface area contributed by atoms with Crippen LogP contribution < -0.4 is 0 Å². The minimum atomic E-state index is -0.740. The van der Waals surface area contributed by atoms with Crippen LogP contribution in [0.2, 0.25) is 0 Å². The van der Waals surface area contributed by atoms with Gasteiger partial charge in [0.25, 0.3) is 0 Å². The molecule has 0 aromatic carbocycles. The number of carbonyl (C=O) groups excluding carboxylic acids is 4. The van der Waals surface area contributed by atoms with Crippen LogP contribution in [-0.2, 0) is 28.7 Å². The minimum Gasteiger partial charge on any atom is -0.466 e. The number of ether oxygens (including phenoxy) is 2. The van der Waals surface area contributed by atoms with Crippen LogP contribution in [0.3, 0.4) is 0 Å². The average Bonchev–Trinajstić information content (AvgIpc) is 2.62. The summed E-state index contributed by atoms with van der Waals surface area (Å²) in [6.45, 7) is 3.29. The van der Waals surface area contributed by atoms with Crippen molar-refractivity contribution >= 4 is 23.8 Å². The van der Waals surface area contributed by atoms with Gasteiger partial charge >= 0.3 is 11.9 Å². The van der Waals surface area contributed by atoms with E-state index in [1.165, 1.54) is 7.11 Å². The molecule has 2 amide bonds. The quantitative estimate of drug-likeness (QED) is 0.397. The molecule has 1 fully saturated rings. The summed E-state index contributed by atoms with van der Waals surface area (Å²) in [7, 11) is 1.19. The smallest absolute Gasteiger partial charge is 0.331 e. The van der Waals surface area contributed by atoms with E-state index in [1.54, 1.807) is 13.8 Å². The second-order valence-corrected chi connectivity index (χ2v) is 4.43. The molecule has 1 aliphatic rings. The summed E-state index contributed by atoms with van der Waals surface area (Å²) in [5.74, 6) is -2.63. The van der Waals surface area contributed by atoms with Crippen LogP contribution in [0.5, 0.6) is 0 Å². The Morgan fingerprint density at radius 2 is 1.60 bits per heavy atom. The summed E-state index contributed by atoms with van der Waals surface area (Å²) in [6, 6.07) is 0. The van der Waals surface area contributed by atoms with E-state index in [-0.39, 0.29) is 36.8 Å². The first kappa shape index (κ1) is 15.9. The summed E-state index contributed by atoms with van der Waals surface area (Å²) in [5.41, 5.74) is 0. The van der Waals surface area contributed by atoms with Gasteiger partial charge in [-0.15, -0.1) is 0 Å². The van der Waals surface area contributed by atoms with Gasteiger partial charge in [0.2, 0.25) is 11.8 Å². The van der Waals surface area contributed by atoms with Gasteiger partial charge in [0.1, 0.15) is 6.61 Å². The van der Waals surface area contributed by atoms with Gasteiger partial charge in [0.05, 0.1) is 13.7 Å². The Kier molecular flexibility index (Phi) is 5.42. The van der Waals surface area contributed by atoms with Crippen LogP contribution in [0.4, 0.5) is 0 Å². The lowest BCUT2D eigenvalue weighted by molar-refractivity contribution is -0.145. The number of hydrogen-bond donors (Lipinski definition) is 0. The van der Waals surface area contributed by atoms with Crippen LogP contribution in [0, 0.1) is 11.8 Å². The fraction of sp³-hybridized carbons (Fsp3) is 0.538. The van der Waals surface area contributed by atoms with Gasteiger partial charge in [-0.2, -0.15) is 0 Å². The van der Waals surface area contributed by atoms with Crippen LogP contribution in [0.1, 0.15) is 13.8 Å². The molecule has 2 unspecified atom stereocenters. The van der Waals surface area contributed by atoms with Crippen LogP contribution in [0.25, 0.3) is 0 Å². The van der Waals surface area contributed by atoms with Gasteiger partial charge < -0.3 is 9.47 Å². The molecule has 7 nitrogen and oxygen atoms in total. The third-order valence-electron chi connectivity index (χ3n) is 3.18. The summed E-state index contributed by atoms with van der Waals surface area (Å²) in [6.07, 6.45) is 1.85. The maximum Gasteiger partial charge on any atom is 0.331 e. The van der Waals surface area contributed by atoms with E-state index in [9.17, 15) is 19.2 Å². The van der Waals surface area contributed by atoms with Crippen LogP contribution in [0.15, 0.2) is 12.2 Å². The van der Waals surface area contributed by atoms with Gasteiger partial charge in [0, 0.05) is 24.0 Å². The number of methoxy groups -OCH3 is 1. The SMILES string of the molecule is COC(=O)/C=C/C(=O)OCCN1C(=O)C(C)C(C)C1=O. The van der Waals surface area contributed by atoms with Gasteiger partial charge in [0.15, 0.2) is 0 Å². The zero-order chi connectivity index (χ0) is 15.3. The molecule has 2 atom stereocenters. The maximum atomic E-state index is 11.7. The van der Waals surface area contributed by atoms with E-state index in [0.717, 1.165) is 17.1 Å². The van der Waals surface area contributed by atoms with E-state index >= 15 is 0 Å². The number of amides is 2. The van der Waals surface area contributed by atoms with Crippen LogP contribution >= 0.6 is 0 Å². The van der Waals surface area contributed by atoms with Crippen LogP contribution in [-0.4, -0.2) is 48.9 Å². The normalized spacial score (nSPS) is 22.4. The Balaban J connectivity index is 2.40. The highest BCUT2D eigenvalue weighted by Gasteiger charge is 2.41. The lowest BCUT2D eigenvalue weighted by Crippen LogP contribution is -2.34. The third-order valence-corrected chi connectivity index (χ3v) is 3.18.